The maximum atomic E-state index is 12.1. The van der Waals surface area contributed by atoms with Crippen molar-refractivity contribution in [3.63, 3.8) is 0 Å². The third-order valence-corrected chi connectivity index (χ3v) is 3.98. The lowest BCUT2D eigenvalue weighted by atomic mass is 10.0. The Labute approximate surface area is 149 Å². The number of nitrogens with zero attached hydrogens (tertiary/aromatic N) is 1. The molecule has 0 fully saturated rings. The van der Waals surface area contributed by atoms with Crippen molar-refractivity contribution in [3.05, 3.63) is 64.4 Å². The summed E-state index contributed by atoms with van der Waals surface area (Å²) in [5, 5.41) is 2.81. The van der Waals surface area contributed by atoms with E-state index in [9.17, 15) is 9.59 Å². The predicted molar refractivity (Wildman–Crippen MR) is 94.7 cm³/mol. The summed E-state index contributed by atoms with van der Waals surface area (Å²) in [7, 11) is 0. The van der Waals surface area contributed by atoms with E-state index in [-0.39, 0.29) is 11.8 Å². The van der Waals surface area contributed by atoms with Crippen LogP contribution < -0.4 is 5.32 Å². The first-order chi connectivity index (χ1) is 11.5. The van der Waals surface area contributed by atoms with E-state index in [0.29, 0.717) is 16.6 Å². The Bertz CT molecular complexity index is 706. The number of benzene rings is 1. The van der Waals surface area contributed by atoms with E-state index < -0.39 is 12.1 Å². The van der Waals surface area contributed by atoms with Gasteiger partial charge < -0.3 is 10.1 Å². The van der Waals surface area contributed by atoms with E-state index >= 15 is 0 Å². The third kappa shape index (κ3) is 5.16. The standard InChI is InChI=1S/C18H19BrN2O3/c1-12(14-6-4-3-5-7-14)9-21-17(22)13(2)24-18(23)15-8-16(19)11-20-10-15/h3-8,10-13H,9H2,1-2H3,(H,21,22)/t12-,13+/m0/s1. The fraction of sp³-hybridized carbons (Fsp3) is 0.278. The van der Waals surface area contributed by atoms with E-state index in [4.69, 9.17) is 4.74 Å². The summed E-state index contributed by atoms with van der Waals surface area (Å²) in [4.78, 5) is 28.0. The molecule has 2 rings (SSSR count). The number of pyridine rings is 1. The van der Waals surface area contributed by atoms with Crippen molar-refractivity contribution in [2.24, 2.45) is 0 Å². The molecular formula is C18H19BrN2O3. The Kier molecular flexibility index (Phi) is 6.49. The van der Waals surface area contributed by atoms with Gasteiger partial charge in [0.2, 0.25) is 0 Å². The topological polar surface area (TPSA) is 68.3 Å². The number of hydrogen-bond donors (Lipinski definition) is 1. The number of hydrogen-bond acceptors (Lipinski definition) is 4. The van der Waals surface area contributed by atoms with Crippen LogP contribution in [0.15, 0.2) is 53.3 Å². The summed E-state index contributed by atoms with van der Waals surface area (Å²) < 4.78 is 5.85. The van der Waals surface area contributed by atoms with Crippen LogP contribution in [0.5, 0.6) is 0 Å². The Morgan fingerprint density at radius 1 is 1.21 bits per heavy atom. The van der Waals surface area contributed by atoms with Crippen molar-refractivity contribution in [3.8, 4) is 0 Å². The number of esters is 1. The van der Waals surface area contributed by atoms with Crippen molar-refractivity contribution in [2.45, 2.75) is 25.9 Å². The van der Waals surface area contributed by atoms with Gasteiger partial charge in [0.15, 0.2) is 6.10 Å². The van der Waals surface area contributed by atoms with Gasteiger partial charge in [-0.05, 0) is 40.4 Å². The Morgan fingerprint density at radius 2 is 1.92 bits per heavy atom. The van der Waals surface area contributed by atoms with Crippen LogP contribution in [-0.2, 0) is 9.53 Å². The molecule has 126 valence electrons. The molecule has 0 saturated carbocycles. The first-order valence-corrected chi connectivity index (χ1v) is 8.41. The number of amides is 1. The van der Waals surface area contributed by atoms with Gasteiger partial charge >= 0.3 is 5.97 Å². The van der Waals surface area contributed by atoms with Gasteiger partial charge in [0.1, 0.15) is 0 Å². The molecule has 0 bridgehead atoms. The second-order valence-corrected chi connectivity index (χ2v) is 6.41. The van der Waals surface area contributed by atoms with Crippen molar-refractivity contribution < 1.29 is 14.3 Å². The SMILES string of the molecule is C[C@@H](OC(=O)c1cncc(Br)c1)C(=O)NC[C@H](C)c1ccccc1. The lowest BCUT2D eigenvalue weighted by Crippen LogP contribution is -2.37. The molecule has 1 amide bonds. The van der Waals surface area contributed by atoms with E-state index in [1.165, 1.54) is 6.20 Å². The molecule has 0 aliphatic heterocycles. The number of ether oxygens (including phenoxy) is 1. The van der Waals surface area contributed by atoms with Gasteiger partial charge in [-0.3, -0.25) is 9.78 Å². The average Bonchev–Trinajstić information content (AvgIpc) is 2.60. The second-order valence-electron chi connectivity index (χ2n) is 5.50. The van der Waals surface area contributed by atoms with Gasteiger partial charge in [0.25, 0.3) is 5.91 Å². The number of halogens is 1. The maximum absolute atomic E-state index is 12.1. The number of carbonyl (C=O) groups is 2. The van der Waals surface area contributed by atoms with Gasteiger partial charge in [-0.2, -0.15) is 0 Å². The summed E-state index contributed by atoms with van der Waals surface area (Å²) in [5.74, 6) is -0.732. The summed E-state index contributed by atoms with van der Waals surface area (Å²) in [6.07, 6.45) is 2.09. The molecule has 0 aliphatic rings. The van der Waals surface area contributed by atoms with Crippen LogP contribution in [0.3, 0.4) is 0 Å². The molecule has 2 aromatic rings. The molecular weight excluding hydrogens is 372 g/mol. The number of rotatable bonds is 6. The van der Waals surface area contributed by atoms with Crippen LogP contribution in [0.1, 0.15) is 35.7 Å². The van der Waals surface area contributed by atoms with Gasteiger partial charge in [-0.1, -0.05) is 37.3 Å². The van der Waals surface area contributed by atoms with Crippen molar-refractivity contribution >= 4 is 27.8 Å². The minimum atomic E-state index is -0.876. The summed E-state index contributed by atoms with van der Waals surface area (Å²) >= 11 is 3.24. The second kappa shape index (κ2) is 8.59. The van der Waals surface area contributed by atoms with E-state index in [2.05, 4.69) is 26.2 Å². The number of nitrogens with one attached hydrogen (secondary N) is 1. The van der Waals surface area contributed by atoms with E-state index in [1.54, 1.807) is 19.2 Å². The molecule has 1 aromatic carbocycles. The zero-order valence-electron chi connectivity index (χ0n) is 13.5. The Hall–Kier alpha value is -2.21. The molecule has 0 aliphatic carbocycles. The van der Waals surface area contributed by atoms with Crippen molar-refractivity contribution in [1.82, 2.24) is 10.3 Å². The average molecular weight is 391 g/mol. The van der Waals surface area contributed by atoms with Crippen molar-refractivity contribution in [1.29, 1.82) is 0 Å². The highest BCUT2D eigenvalue weighted by molar-refractivity contribution is 9.10. The lowest BCUT2D eigenvalue weighted by molar-refractivity contribution is -0.129. The van der Waals surface area contributed by atoms with Crippen molar-refractivity contribution in [2.75, 3.05) is 6.54 Å². The smallest absolute Gasteiger partial charge is 0.340 e. The molecule has 1 N–H and O–H groups in total. The quantitative estimate of drug-likeness (QED) is 0.768. The minimum Gasteiger partial charge on any atom is -0.449 e. The summed E-state index contributed by atoms with van der Waals surface area (Å²) in [5.41, 5.74) is 1.43. The molecule has 2 atom stereocenters. The normalized spacial score (nSPS) is 13.0. The molecule has 1 aromatic heterocycles. The summed E-state index contributed by atoms with van der Waals surface area (Å²) in [6, 6.07) is 11.5. The monoisotopic (exact) mass is 390 g/mol. The number of carbonyl (C=O) groups excluding carboxylic acids is 2. The van der Waals surface area contributed by atoms with Gasteiger partial charge in [0, 0.05) is 23.4 Å². The maximum Gasteiger partial charge on any atom is 0.340 e. The van der Waals surface area contributed by atoms with Crippen LogP contribution in [0.4, 0.5) is 0 Å². The fourth-order valence-electron chi connectivity index (χ4n) is 2.10. The summed E-state index contributed by atoms with van der Waals surface area (Å²) in [6.45, 7) is 4.05. The van der Waals surface area contributed by atoms with E-state index in [0.717, 1.165) is 5.56 Å². The van der Waals surface area contributed by atoms with Crippen LogP contribution in [0.2, 0.25) is 0 Å². The molecule has 6 heteroatoms. The lowest BCUT2D eigenvalue weighted by Gasteiger charge is -2.16. The first-order valence-electron chi connectivity index (χ1n) is 7.61. The molecule has 24 heavy (non-hydrogen) atoms. The highest BCUT2D eigenvalue weighted by atomic mass is 79.9. The molecule has 0 radical (unpaired) electrons. The Morgan fingerprint density at radius 3 is 2.58 bits per heavy atom. The van der Waals surface area contributed by atoms with Gasteiger partial charge in [-0.15, -0.1) is 0 Å². The van der Waals surface area contributed by atoms with Gasteiger partial charge in [-0.25, -0.2) is 4.79 Å². The minimum absolute atomic E-state index is 0.173. The predicted octanol–water partition coefficient (Wildman–Crippen LogP) is 3.31. The molecule has 0 unspecified atom stereocenters. The fourth-order valence-corrected chi connectivity index (χ4v) is 2.47. The number of aromatic nitrogens is 1. The molecule has 0 saturated heterocycles. The zero-order chi connectivity index (χ0) is 17.5. The highest BCUT2D eigenvalue weighted by Crippen LogP contribution is 2.14. The largest absolute Gasteiger partial charge is 0.449 e. The van der Waals surface area contributed by atoms with E-state index in [1.807, 2.05) is 37.3 Å². The van der Waals surface area contributed by atoms with Crippen LogP contribution in [0, 0.1) is 0 Å². The molecule has 1 heterocycles. The van der Waals surface area contributed by atoms with Crippen LogP contribution in [-0.4, -0.2) is 29.5 Å². The highest BCUT2D eigenvalue weighted by Gasteiger charge is 2.19. The molecule has 5 nitrogen and oxygen atoms in total. The molecule has 0 spiro atoms. The zero-order valence-corrected chi connectivity index (χ0v) is 15.1. The third-order valence-electron chi connectivity index (χ3n) is 3.54. The Balaban J connectivity index is 1.85. The van der Waals surface area contributed by atoms with Gasteiger partial charge in [0.05, 0.1) is 5.56 Å². The van der Waals surface area contributed by atoms with Crippen LogP contribution >= 0.6 is 15.9 Å². The first kappa shape index (κ1) is 18.1. The van der Waals surface area contributed by atoms with Crippen LogP contribution in [0.25, 0.3) is 0 Å².